The Balaban J connectivity index is 3.69. The molecule has 1 atom stereocenters. The van der Waals surface area contributed by atoms with Gasteiger partial charge in [0.1, 0.15) is 6.04 Å². The van der Waals surface area contributed by atoms with Gasteiger partial charge >= 0.3 is 5.97 Å². The third kappa shape index (κ3) is 6.01. The summed E-state index contributed by atoms with van der Waals surface area (Å²) in [5.41, 5.74) is 10.7. The number of nitrogens with two attached hydrogens (primary N) is 2. The fourth-order valence-electron chi connectivity index (χ4n) is 0.680. The summed E-state index contributed by atoms with van der Waals surface area (Å²) in [6, 6.07) is -0.883. The van der Waals surface area contributed by atoms with Gasteiger partial charge in [-0.2, -0.15) is 0 Å². The van der Waals surface area contributed by atoms with Crippen molar-refractivity contribution in [3.63, 3.8) is 0 Å². The molecule has 0 saturated carbocycles. The third-order valence-corrected chi connectivity index (χ3v) is 1.47. The number of hydrogen-bond acceptors (Lipinski definition) is 3. The molecule has 0 aromatic heterocycles. The molecule has 0 saturated heterocycles. The average molecular weight is 200 g/mol. The molecule has 0 amide bonds. The summed E-state index contributed by atoms with van der Waals surface area (Å²) in [4.78, 5) is 14.2. The van der Waals surface area contributed by atoms with E-state index in [2.05, 4.69) is 16.9 Å². The lowest BCUT2D eigenvalue weighted by Crippen LogP contribution is -2.33. The Morgan fingerprint density at radius 3 is 2.86 bits per heavy atom. The van der Waals surface area contributed by atoms with Crippen LogP contribution in [0.5, 0.6) is 0 Å². The molecule has 0 aliphatic rings. The second-order valence-electron chi connectivity index (χ2n) is 2.67. The Hall–Kier alpha value is -1.56. The maximum absolute atomic E-state index is 10.3. The fourth-order valence-corrected chi connectivity index (χ4v) is 0.680. The molecule has 0 spiro atoms. The van der Waals surface area contributed by atoms with Gasteiger partial charge in [0.15, 0.2) is 5.96 Å². The lowest BCUT2D eigenvalue weighted by molar-refractivity contribution is -0.138. The molecular weight excluding hydrogens is 184 g/mol. The minimum absolute atomic E-state index is 0.266. The van der Waals surface area contributed by atoms with E-state index in [0.29, 0.717) is 13.1 Å². The summed E-state index contributed by atoms with van der Waals surface area (Å²) in [7, 11) is 0. The summed E-state index contributed by atoms with van der Waals surface area (Å²) in [5, 5.41) is 11.2. The number of hydrogen-bond donors (Lipinski definition) is 4. The zero-order chi connectivity index (χ0) is 11.0. The normalized spacial score (nSPS) is 13.4. The largest absolute Gasteiger partial charge is 0.480 e. The molecule has 14 heavy (non-hydrogen) atoms. The van der Waals surface area contributed by atoms with Crippen LogP contribution in [0.2, 0.25) is 0 Å². The molecule has 6 N–H and O–H groups in total. The minimum Gasteiger partial charge on any atom is -0.480 e. The maximum atomic E-state index is 10.3. The Labute approximate surface area is 82.7 Å². The zero-order valence-corrected chi connectivity index (χ0v) is 7.94. The Bertz CT molecular complexity index is 227. The molecule has 0 aliphatic heterocycles. The van der Waals surface area contributed by atoms with Crippen molar-refractivity contribution in [3.05, 3.63) is 12.7 Å². The Morgan fingerprint density at radius 2 is 2.36 bits per heavy atom. The molecule has 0 bridgehead atoms. The van der Waals surface area contributed by atoms with Gasteiger partial charge in [-0.3, -0.25) is 9.79 Å². The van der Waals surface area contributed by atoms with Gasteiger partial charge in [-0.25, -0.2) is 0 Å². The number of aliphatic carboxylic acids is 1. The standard InChI is InChI=1S/C8H16N4O2/c1-2-4-11-8(10)12-5-3-6(9)7(13)14/h2,6H,1,3-5,9H2,(H,13,14)(H3,10,11,12). The van der Waals surface area contributed by atoms with Crippen molar-refractivity contribution in [1.82, 2.24) is 5.32 Å². The number of carboxylic acids is 1. The van der Waals surface area contributed by atoms with Crippen molar-refractivity contribution < 1.29 is 9.90 Å². The molecule has 6 nitrogen and oxygen atoms in total. The monoisotopic (exact) mass is 200 g/mol. The molecule has 0 aliphatic carbocycles. The highest BCUT2D eigenvalue weighted by Crippen LogP contribution is 1.88. The van der Waals surface area contributed by atoms with E-state index in [1.807, 2.05) is 0 Å². The lowest BCUT2D eigenvalue weighted by Gasteiger charge is -2.04. The summed E-state index contributed by atoms with van der Waals surface area (Å²) >= 11 is 0. The molecular formula is C8H16N4O2. The third-order valence-electron chi connectivity index (χ3n) is 1.47. The van der Waals surface area contributed by atoms with Crippen LogP contribution in [0.1, 0.15) is 6.42 Å². The van der Waals surface area contributed by atoms with Crippen molar-refractivity contribution in [1.29, 1.82) is 0 Å². The molecule has 0 rings (SSSR count). The van der Waals surface area contributed by atoms with Gasteiger partial charge in [-0.1, -0.05) is 6.08 Å². The van der Waals surface area contributed by atoms with Gasteiger partial charge in [0.2, 0.25) is 0 Å². The van der Waals surface area contributed by atoms with Crippen LogP contribution in [-0.2, 0) is 4.79 Å². The first-order valence-corrected chi connectivity index (χ1v) is 4.21. The highest BCUT2D eigenvalue weighted by molar-refractivity contribution is 5.78. The predicted octanol–water partition coefficient (Wildman–Crippen LogP) is -1.12. The van der Waals surface area contributed by atoms with Gasteiger partial charge in [0, 0.05) is 13.1 Å². The van der Waals surface area contributed by atoms with Crippen LogP contribution in [0.15, 0.2) is 17.6 Å². The molecule has 0 aromatic rings. The summed E-state index contributed by atoms with van der Waals surface area (Å²) in [5.74, 6) is -0.764. The fraction of sp³-hybridized carbons (Fsp3) is 0.500. The maximum Gasteiger partial charge on any atom is 0.320 e. The van der Waals surface area contributed by atoms with E-state index in [0.717, 1.165) is 0 Å². The van der Waals surface area contributed by atoms with Crippen molar-refractivity contribution in [2.24, 2.45) is 16.5 Å². The van der Waals surface area contributed by atoms with E-state index in [4.69, 9.17) is 16.6 Å². The van der Waals surface area contributed by atoms with Crippen LogP contribution in [0.4, 0.5) is 0 Å². The van der Waals surface area contributed by atoms with Crippen molar-refractivity contribution in [3.8, 4) is 0 Å². The van der Waals surface area contributed by atoms with Gasteiger partial charge in [0.05, 0.1) is 0 Å². The molecule has 6 heteroatoms. The summed E-state index contributed by atoms with van der Waals surface area (Å²) in [6.07, 6.45) is 1.91. The van der Waals surface area contributed by atoms with Crippen LogP contribution in [0, 0.1) is 0 Å². The SMILES string of the molecule is C=CCNC(N)=NCCC(N)C(=O)O. The Morgan fingerprint density at radius 1 is 1.71 bits per heavy atom. The van der Waals surface area contributed by atoms with Gasteiger partial charge in [-0.15, -0.1) is 6.58 Å². The van der Waals surface area contributed by atoms with E-state index in [9.17, 15) is 4.79 Å². The van der Waals surface area contributed by atoms with Gasteiger partial charge in [0.25, 0.3) is 0 Å². The highest BCUT2D eigenvalue weighted by atomic mass is 16.4. The van der Waals surface area contributed by atoms with E-state index >= 15 is 0 Å². The van der Waals surface area contributed by atoms with E-state index in [1.54, 1.807) is 6.08 Å². The number of carbonyl (C=O) groups is 1. The number of carboxylic acid groups (broad SMARTS) is 1. The molecule has 0 radical (unpaired) electrons. The first-order chi connectivity index (χ1) is 6.57. The van der Waals surface area contributed by atoms with Crippen LogP contribution in [-0.4, -0.2) is 36.2 Å². The van der Waals surface area contributed by atoms with Crippen molar-refractivity contribution in [2.75, 3.05) is 13.1 Å². The summed E-state index contributed by atoms with van der Waals surface area (Å²) in [6.45, 7) is 4.32. The second-order valence-corrected chi connectivity index (χ2v) is 2.67. The first-order valence-electron chi connectivity index (χ1n) is 4.21. The quantitative estimate of drug-likeness (QED) is 0.246. The molecule has 80 valence electrons. The number of aliphatic imine (C=N–C) groups is 1. The number of nitrogens with one attached hydrogen (secondary N) is 1. The smallest absolute Gasteiger partial charge is 0.320 e. The molecule has 0 aromatic carbocycles. The molecule has 0 heterocycles. The zero-order valence-electron chi connectivity index (χ0n) is 7.94. The van der Waals surface area contributed by atoms with Gasteiger partial charge in [-0.05, 0) is 6.42 Å². The van der Waals surface area contributed by atoms with Crippen molar-refractivity contribution >= 4 is 11.9 Å². The van der Waals surface area contributed by atoms with Crippen LogP contribution in [0.3, 0.4) is 0 Å². The first kappa shape index (κ1) is 12.4. The topological polar surface area (TPSA) is 114 Å². The minimum atomic E-state index is -1.03. The number of guanidine groups is 1. The molecule has 0 fully saturated rings. The number of nitrogens with zero attached hydrogens (tertiary/aromatic N) is 1. The van der Waals surface area contributed by atoms with Crippen LogP contribution < -0.4 is 16.8 Å². The Kier molecular flexibility index (Phi) is 6.13. The van der Waals surface area contributed by atoms with Crippen molar-refractivity contribution in [2.45, 2.75) is 12.5 Å². The van der Waals surface area contributed by atoms with Crippen LogP contribution >= 0.6 is 0 Å². The average Bonchev–Trinajstić information content (AvgIpc) is 2.14. The van der Waals surface area contributed by atoms with E-state index in [-0.39, 0.29) is 12.4 Å². The van der Waals surface area contributed by atoms with Crippen LogP contribution in [0.25, 0.3) is 0 Å². The predicted molar refractivity (Wildman–Crippen MR) is 54.9 cm³/mol. The lowest BCUT2D eigenvalue weighted by atomic mass is 10.2. The van der Waals surface area contributed by atoms with E-state index < -0.39 is 12.0 Å². The highest BCUT2D eigenvalue weighted by Gasteiger charge is 2.09. The van der Waals surface area contributed by atoms with Gasteiger partial charge < -0.3 is 21.9 Å². The molecule has 1 unspecified atom stereocenters. The second kappa shape index (κ2) is 6.90. The number of rotatable bonds is 6. The summed E-state index contributed by atoms with van der Waals surface area (Å²) < 4.78 is 0. The van der Waals surface area contributed by atoms with E-state index in [1.165, 1.54) is 0 Å².